The van der Waals surface area contributed by atoms with Gasteiger partial charge in [0.2, 0.25) is 0 Å². The molecule has 0 bridgehead atoms. The van der Waals surface area contributed by atoms with Crippen LogP contribution in [0.25, 0.3) is 11.0 Å². The molecule has 0 aliphatic rings. The molecule has 0 spiro atoms. The van der Waals surface area contributed by atoms with E-state index in [-0.39, 0.29) is 11.5 Å². The van der Waals surface area contributed by atoms with Crippen LogP contribution in [0.2, 0.25) is 0 Å². The summed E-state index contributed by atoms with van der Waals surface area (Å²) in [6.07, 6.45) is -0.790. The van der Waals surface area contributed by atoms with Gasteiger partial charge in [0.15, 0.2) is 11.5 Å². The molecule has 1 aromatic carbocycles. The molecule has 0 saturated heterocycles. The Bertz CT molecular complexity index is 469. The molecule has 0 radical (unpaired) electrons. The number of hydrogen-bond donors (Lipinski definition) is 2. The third-order valence-corrected chi connectivity index (χ3v) is 2.30. The van der Waals surface area contributed by atoms with Crippen LogP contribution in [0.3, 0.4) is 0 Å². The average molecular weight is 192 g/mol. The number of aliphatic hydroxyl groups excluding tert-OH is 1. The Kier molecular flexibility index (Phi) is 1.97. The first-order chi connectivity index (χ1) is 6.61. The molecule has 0 saturated carbocycles. The Morgan fingerprint density at radius 1 is 1.36 bits per heavy atom. The lowest BCUT2D eigenvalue weighted by molar-refractivity contribution is 0.167. The molecular formula is C11H12O3. The first kappa shape index (κ1) is 9.09. The van der Waals surface area contributed by atoms with Crippen molar-refractivity contribution < 1.29 is 14.6 Å². The molecule has 0 amide bonds. The molecule has 0 aliphatic heterocycles. The second kappa shape index (κ2) is 3.03. The number of hydrogen-bond acceptors (Lipinski definition) is 3. The van der Waals surface area contributed by atoms with Crippen molar-refractivity contribution in [2.75, 3.05) is 0 Å². The lowest BCUT2D eigenvalue weighted by Gasteiger charge is -1.98. The molecule has 2 aromatic rings. The number of rotatable bonds is 1. The predicted octanol–water partition coefficient (Wildman–Crippen LogP) is 2.50. The monoisotopic (exact) mass is 192 g/mol. The SMILES string of the molecule is Cc1cccc2oc(C(C)O)c(O)c12. The van der Waals surface area contributed by atoms with Crippen LogP contribution < -0.4 is 0 Å². The molecule has 1 unspecified atom stereocenters. The molecule has 1 aromatic heterocycles. The first-order valence-electron chi connectivity index (χ1n) is 4.50. The number of aliphatic hydroxyl groups is 1. The molecule has 3 heteroatoms. The summed E-state index contributed by atoms with van der Waals surface area (Å²) in [6.45, 7) is 3.45. The quantitative estimate of drug-likeness (QED) is 0.729. The summed E-state index contributed by atoms with van der Waals surface area (Å²) >= 11 is 0. The van der Waals surface area contributed by atoms with Crippen LogP contribution in [0.5, 0.6) is 5.75 Å². The Morgan fingerprint density at radius 3 is 2.64 bits per heavy atom. The van der Waals surface area contributed by atoms with Crippen LogP contribution in [0.4, 0.5) is 0 Å². The van der Waals surface area contributed by atoms with Gasteiger partial charge in [-0.2, -0.15) is 0 Å². The van der Waals surface area contributed by atoms with E-state index >= 15 is 0 Å². The van der Waals surface area contributed by atoms with E-state index in [2.05, 4.69) is 0 Å². The number of furan rings is 1. The third kappa shape index (κ3) is 1.17. The highest BCUT2D eigenvalue weighted by molar-refractivity contribution is 5.88. The van der Waals surface area contributed by atoms with Crippen molar-refractivity contribution in [2.45, 2.75) is 20.0 Å². The molecule has 0 aliphatic carbocycles. The van der Waals surface area contributed by atoms with Gasteiger partial charge in [0, 0.05) is 0 Å². The highest BCUT2D eigenvalue weighted by Crippen LogP contribution is 2.37. The molecule has 2 N–H and O–H groups in total. The summed E-state index contributed by atoms with van der Waals surface area (Å²) in [5.74, 6) is 0.280. The van der Waals surface area contributed by atoms with Gasteiger partial charge in [-0.3, -0.25) is 0 Å². The third-order valence-electron chi connectivity index (χ3n) is 2.30. The zero-order chi connectivity index (χ0) is 10.3. The molecule has 3 nitrogen and oxygen atoms in total. The summed E-state index contributed by atoms with van der Waals surface area (Å²) in [6, 6.07) is 5.52. The fourth-order valence-corrected chi connectivity index (χ4v) is 1.60. The summed E-state index contributed by atoms with van der Waals surface area (Å²) in [5.41, 5.74) is 1.55. The maximum Gasteiger partial charge on any atom is 0.175 e. The maximum absolute atomic E-state index is 9.79. The van der Waals surface area contributed by atoms with Crippen molar-refractivity contribution in [3.8, 4) is 5.75 Å². The minimum absolute atomic E-state index is 0.0492. The van der Waals surface area contributed by atoms with Gasteiger partial charge in [-0.05, 0) is 25.5 Å². The van der Waals surface area contributed by atoms with Gasteiger partial charge < -0.3 is 14.6 Å². The summed E-state index contributed by atoms with van der Waals surface area (Å²) in [7, 11) is 0. The predicted molar refractivity (Wildman–Crippen MR) is 53.2 cm³/mol. The lowest BCUT2D eigenvalue weighted by Crippen LogP contribution is -1.86. The Hall–Kier alpha value is -1.48. The van der Waals surface area contributed by atoms with Gasteiger partial charge in [-0.15, -0.1) is 0 Å². The number of aromatic hydroxyl groups is 1. The van der Waals surface area contributed by atoms with Gasteiger partial charge in [-0.1, -0.05) is 12.1 Å². The standard InChI is InChI=1S/C11H12O3/c1-6-4-3-5-8-9(6)10(13)11(14-8)7(2)12/h3-5,7,12-13H,1-2H3. The van der Waals surface area contributed by atoms with Gasteiger partial charge >= 0.3 is 0 Å². The van der Waals surface area contributed by atoms with E-state index in [0.717, 1.165) is 5.56 Å². The Balaban J connectivity index is 2.81. The largest absolute Gasteiger partial charge is 0.504 e. The zero-order valence-electron chi connectivity index (χ0n) is 8.11. The van der Waals surface area contributed by atoms with Gasteiger partial charge in [0.1, 0.15) is 11.7 Å². The fraction of sp³-hybridized carbons (Fsp3) is 0.273. The van der Waals surface area contributed by atoms with Crippen LogP contribution in [-0.4, -0.2) is 10.2 Å². The van der Waals surface area contributed by atoms with E-state index in [9.17, 15) is 10.2 Å². The molecule has 1 atom stereocenters. The van der Waals surface area contributed by atoms with Crippen molar-refractivity contribution in [3.05, 3.63) is 29.5 Å². The second-order valence-electron chi connectivity index (χ2n) is 3.44. The average Bonchev–Trinajstić information content (AvgIpc) is 2.45. The normalized spacial score (nSPS) is 13.4. The van der Waals surface area contributed by atoms with E-state index < -0.39 is 6.10 Å². The number of benzene rings is 1. The van der Waals surface area contributed by atoms with Crippen molar-refractivity contribution in [1.82, 2.24) is 0 Å². The van der Waals surface area contributed by atoms with Crippen molar-refractivity contribution in [3.63, 3.8) is 0 Å². The highest BCUT2D eigenvalue weighted by atomic mass is 16.4. The molecule has 14 heavy (non-hydrogen) atoms. The summed E-state index contributed by atoms with van der Waals surface area (Å²) in [5, 5.41) is 19.8. The van der Waals surface area contributed by atoms with Crippen LogP contribution >= 0.6 is 0 Å². The first-order valence-corrected chi connectivity index (χ1v) is 4.50. The van der Waals surface area contributed by atoms with Gasteiger partial charge in [-0.25, -0.2) is 0 Å². The van der Waals surface area contributed by atoms with Crippen LogP contribution in [0, 0.1) is 6.92 Å². The van der Waals surface area contributed by atoms with Gasteiger partial charge in [0.05, 0.1) is 5.39 Å². The zero-order valence-corrected chi connectivity index (χ0v) is 8.11. The molecular weight excluding hydrogens is 180 g/mol. The summed E-state index contributed by atoms with van der Waals surface area (Å²) in [4.78, 5) is 0. The van der Waals surface area contributed by atoms with Crippen LogP contribution in [0.15, 0.2) is 22.6 Å². The van der Waals surface area contributed by atoms with E-state index in [1.807, 2.05) is 19.1 Å². The van der Waals surface area contributed by atoms with Gasteiger partial charge in [0.25, 0.3) is 0 Å². The lowest BCUT2D eigenvalue weighted by atomic mass is 10.1. The second-order valence-corrected chi connectivity index (χ2v) is 3.44. The van der Waals surface area contributed by atoms with E-state index in [4.69, 9.17) is 4.42 Å². The Morgan fingerprint density at radius 2 is 2.07 bits per heavy atom. The van der Waals surface area contributed by atoms with Crippen LogP contribution in [0.1, 0.15) is 24.4 Å². The summed E-state index contributed by atoms with van der Waals surface area (Å²) < 4.78 is 5.34. The van der Waals surface area contributed by atoms with E-state index in [1.54, 1.807) is 13.0 Å². The van der Waals surface area contributed by atoms with E-state index in [1.165, 1.54) is 0 Å². The number of fused-ring (bicyclic) bond motifs is 1. The molecule has 2 rings (SSSR count). The minimum atomic E-state index is -0.790. The molecule has 0 fully saturated rings. The minimum Gasteiger partial charge on any atom is -0.504 e. The smallest absolute Gasteiger partial charge is 0.175 e. The van der Waals surface area contributed by atoms with Crippen molar-refractivity contribution in [1.29, 1.82) is 0 Å². The van der Waals surface area contributed by atoms with Crippen molar-refractivity contribution >= 4 is 11.0 Å². The molecule has 74 valence electrons. The topological polar surface area (TPSA) is 53.6 Å². The molecule has 1 heterocycles. The van der Waals surface area contributed by atoms with Crippen LogP contribution in [-0.2, 0) is 0 Å². The highest BCUT2D eigenvalue weighted by Gasteiger charge is 2.17. The van der Waals surface area contributed by atoms with Crippen molar-refractivity contribution in [2.24, 2.45) is 0 Å². The number of aryl methyl sites for hydroxylation is 1. The van der Waals surface area contributed by atoms with E-state index in [0.29, 0.717) is 11.0 Å². The Labute approximate surface area is 81.6 Å². The maximum atomic E-state index is 9.79. The fourth-order valence-electron chi connectivity index (χ4n) is 1.60.